The van der Waals surface area contributed by atoms with Gasteiger partial charge in [-0.05, 0) is 42.8 Å². The van der Waals surface area contributed by atoms with Crippen molar-refractivity contribution < 1.29 is 0 Å². The Morgan fingerprint density at radius 2 is 2.12 bits per heavy atom. The molecule has 1 heterocycles. The Balaban J connectivity index is 1.90. The van der Waals surface area contributed by atoms with Crippen molar-refractivity contribution in [2.24, 2.45) is 5.92 Å². The van der Waals surface area contributed by atoms with E-state index in [1.807, 2.05) is 11.3 Å². The highest BCUT2D eigenvalue weighted by Crippen LogP contribution is 2.45. The third kappa shape index (κ3) is 1.48. The Morgan fingerprint density at radius 3 is 2.81 bits per heavy atom. The van der Waals surface area contributed by atoms with Crippen molar-refractivity contribution in [1.82, 2.24) is 5.32 Å². The number of rotatable bonds is 2. The Hall–Kier alpha value is -0.860. The average Bonchev–Trinajstić information content (AvgIpc) is 2.70. The second-order valence-corrected chi connectivity index (χ2v) is 5.90. The van der Waals surface area contributed by atoms with Crippen LogP contribution in [-0.2, 0) is 0 Å². The summed E-state index contributed by atoms with van der Waals surface area (Å²) in [5.74, 6) is 1.55. The molecule has 0 saturated heterocycles. The summed E-state index contributed by atoms with van der Waals surface area (Å²) in [6.45, 7) is 2.36. The molecule has 3 atom stereocenters. The summed E-state index contributed by atoms with van der Waals surface area (Å²) in [6, 6.07) is 11.8. The molecule has 1 aromatic heterocycles. The molecule has 1 N–H and O–H groups in total. The Bertz CT molecular complexity index is 469. The molecule has 0 spiro atoms. The number of nitrogens with one attached hydrogen (secondary N) is 1. The van der Waals surface area contributed by atoms with Crippen LogP contribution in [0.1, 0.15) is 24.1 Å². The molecule has 16 heavy (non-hydrogen) atoms. The van der Waals surface area contributed by atoms with E-state index in [-0.39, 0.29) is 0 Å². The summed E-state index contributed by atoms with van der Waals surface area (Å²) in [4.78, 5) is 1.57. The molecule has 0 amide bonds. The molecule has 0 aliphatic heterocycles. The van der Waals surface area contributed by atoms with E-state index in [2.05, 4.69) is 49.6 Å². The molecule has 0 radical (unpaired) electrons. The first kappa shape index (κ1) is 10.3. The smallest absolute Gasteiger partial charge is 0.0345 e. The standard InChI is InChI=1S/C14H17NS/c1-9-11(8-12(9)15-2)14-7-10-5-3-4-6-13(10)16-14/h3-7,9,11-12,15H,8H2,1-2H3. The fraction of sp³-hybridized carbons (Fsp3) is 0.429. The first-order chi connectivity index (χ1) is 7.79. The Labute approximate surface area is 100 Å². The maximum atomic E-state index is 3.39. The second kappa shape index (κ2) is 3.86. The molecule has 1 aromatic carbocycles. The van der Waals surface area contributed by atoms with Crippen molar-refractivity contribution in [2.45, 2.75) is 25.3 Å². The van der Waals surface area contributed by atoms with Crippen molar-refractivity contribution >= 4 is 21.4 Å². The van der Waals surface area contributed by atoms with Gasteiger partial charge in [-0.1, -0.05) is 25.1 Å². The summed E-state index contributed by atoms with van der Waals surface area (Å²) in [5.41, 5.74) is 0. The van der Waals surface area contributed by atoms with Crippen LogP contribution in [0.25, 0.3) is 10.1 Å². The van der Waals surface area contributed by atoms with Gasteiger partial charge < -0.3 is 5.32 Å². The van der Waals surface area contributed by atoms with Gasteiger partial charge >= 0.3 is 0 Å². The van der Waals surface area contributed by atoms with Crippen LogP contribution in [0.15, 0.2) is 30.3 Å². The van der Waals surface area contributed by atoms with Crippen LogP contribution >= 0.6 is 11.3 Å². The molecule has 3 rings (SSSR count). The summed E-state index contributed by atoms with van der Waals surface area (Å²) in [7, 11) is 2.07. The van der Waals surface area contributed by atoms with Gasteiger partial charge in [0.2, 0.25) is 0 Å². The Kier molecular flexibility index (Phi) is 2.49. The van der Waals surface area contributed by atoms with E-state index in [1.165, 1.54) is 16.5 Å². The number of fused-ring (bicyclic) bond motifs is 1. The fourth-order valence-corrected chi connectivity index (χ4v) is 4.02. The normalized spacial score (nSPS) is 29.2. The van der Waals surface area contributed by atoms with Gasteiger partial charge in [0, 0.05) is 15.6 Å². The lowest BCUT2D eigenvalue weighted by Crippen LogP contribution is -2.45. The van der Waals surface area contributed by atoms with Crippen molar-refractivity contribution in [3.63, 3.8) is 0 Å². The van der Waals surface area contributed by atoms with Crippen LogP contribution in [-0.4, -0.2) is 13.1 Å². The molecule has 1 saturated carbocycles. The summed E-state index contributed by atoms with van der Waals surface area (Å²) in [6.07, 6.45) is 1.30. The molecular formula is C14H17NS. The lowest BCUT2D eigenvalue weighted by molar-refractivity contribution is 0.197. The zero-order valence-electron chi connectivity index (χ0n) is 9.73. The van der Waals surface area contributed by atoms with Gasteiger partial charge in [-0.25, -0.2) is 0 Å². The molecule has 1 nitrogen and oxygen atoms in total. The maximum absolute atomic E-state index is 3.39. The molecule has 2 aromatic rings. The minimum Gasteiger partial charge on any atom is -0.317 e. The molecule has 3 unspecified atom stereocenters. The second-order valence-electron chi connectivity index (χ2n) is 4.78. The van der Waals surface area contributed by atoms with E-state index in [0.29, 0.717) is 0 Å². The van der Waals surface area contributed by atoms with E-state index in [9.17, 15) is 0 Å². The maximum Gasteiger partial charge on any atom is 0.0345 e. The molecule has 1 aliphatic carbocycles. The molecule has 1 aliphatic rings. The molecule has 2 heteroatoms. The lowest BCUT2D eigenvalue weighted by Gasteiger charge is -2.42. The van der Waals surface area contributed by atoms with Crippen LogP contribution in [0.3, 0.4) is 0 Å². The zero-order valence-corrected chi connectivity index (χ0v) is 10.6. The first-order valence-corrected chi connectivity index (χ1v) is 6.77. The van der Waals surface area contributed by atoms with E-state index in [0.717, 1.165) is 17.9 Å². The summed E-state index contributed by atoms with van der Waals surface area (Å²) >= 11 is 1.97. The number of thiophene rings is 1. The highest BCUT2D eigenvalue weighted by molar-refractivity contribution is 7.19. The van der Waals surface area contributed by atoms with Gasteiger partial charge in [-0.15, -0.1) is 11.3 Å². The Morgan fingerprint density at radius 1 is 1.31 bits per heavy atom. The van der Waals surface area contributed by atoms with Crippen molar-refractivity contribution in [3.05, 3.63) is 35.2 Å². The van der Waals surface area contributed by atoms with Gasteiger partial charge in [0.15, 0.2) is 0 Å². The third-order valence-electron chi connectivity index (χ3n) is 3.96. The van der Waals surface area contributed by atoms with Crippen LogP contribution in [0.5, 0.6) is 0 Å². The number of benzene rings is 1. The monoisotopic (exact) mass is 231 g/mol. The van der Waals surface area contributed by atoms with Gasteiger partial charge in [0.05, 0.1) is 0 Å². The first-order valence-electron chi connectivity index (χ1n) is 5.95. The predicted molar refractivity (Wildman–Crippen MR) is 71.2 cm³/mol. The molecule has 1 fully saturated rings. The summed E-state index contributed by atoms with van der Waals surface area (Å²) in [5, 5.41) is 4.79. The number of hydrogen-bond donors (Lipinski definition) is 1. The molecular weight excluding hydrogens is 214 g/mol. The minimum atomic E-state index is 0.718. The lowest BCUT2D eigenvalue weighted by atomic mass is 9.69. The van der Waals surface area contributed by atoms with E-state index >= 15 is 0 Å². The SMILES string of the molecule is CNC1CC(c2cc3ccccc3s2)C1C. The van der Waals surface area contributed by atoms with Gasteiger partial charge in [0.1, 0.15) is 0 Å². The molecule has 84 valence electrons. The van der Waals surface area contributed by atoms with E-state index in [1.54, 1.807) is 4.88 Å². The number of hydrogen-bond acceptors (Lipinski definition) is 2. The topological polar surface area (TPSA) is 12.0 Å². The van der Waals surface area contributed by atoms with Gasteiger partial charge in [-0.2, -0.15) is 0 Å². The van der Waals surface area contributed by atoms with Crippen molar-refractivity contribution in [2.75, 3.05) is 7.05 Å². The fourth-order valence-electron chi connectivity index (χ4n) is 2.73. The van der Waals surface area contributed by atoms with Crippen molar-refractivity contribution in [1.29, 1.82) is 0 Å². The van der Waals surface area contributed by atoms with Crippen LogP contribution in [0.2, 0.25) is 0 Å². The third-order valence-corrected chi connectivity index (χ3v) is 5.21. The zero-order chi connectivity index (χ0) is 11.1. The van der Waals surface area contributed by atoms with Crippen LogP contribution in [0.4, 0.5) is 0 Å². The largest absolute Gasteiger partial charge is 0.317 e. The van der Waals surface area contributed by atoms with E-state index in [4.69, 9.17) is 0 Å². The van der Waals surface area contributed by atoms with Crippen LogP contribution in [0, 0.1) is 5.92 Å². The van der Waals surface area contributed by atoms with E-state index < -0.39 is 0 Å². The highest BCUT2D eigenvalue weighted by Gasteiger charge is 2.38. The summed E-state index contributed by atoms with van der Waals surface area (Å²) < 4.78 is 1.43. The molecule has 0 bridgehead atoms. The van der Waals surface area contributed by atoms with Gasteiger partial charge in [-0.3, -0.25) is 0 Å². The predicted octanol–water partition coefficient (Wildman–Crippen LogP) is 3.61. The highest BCUT2D eigenvalue weighted by atomic mass is 32.1. The minimum absolute atomic E-state index is 0.718. The van der Waals surface area contributed by atoms with Crippen molar-refractivity contribution in [3.8, 4) is 0 Å². The van der Waals surface area contributed by atoms with Crippen LogP contribution < -0.4 is 5.32 Å². The quantitative estimate of drug-likeness (QED) is 0.832. The van der Waals surface area contributed by atoms with Gasteiger partial charge in [0.25, 0.3) is 0 Å². The average molecular weight is 231 g/mol.